The number of hydrogen-bond acceptors (Lipinski definition) is 1. The first-order valence-electron chi connectivity index (χ1n) is 4.09. The van der Waals surface area contributed by atoms with Crippen LogP contribution in [0.3, 0.4) is 0 Å². The first-order valence-corrected chi connectivity index (χ1v) is 4.09. The van der Waals surface area contributed by atoms with Gasteiger partial charge in [0.15, 0.2) is 0 Å². The number of hydrogen-bond donors (Lipinski definition) is 1. The topological polar surface area (TPSA) is 32.3 Å². The summed E-state index contributed by atoms with van der Waals surface area (Å²) in [4.78, 5) is 12.9. The molecule has 3 heteroatoms. The average Bonchev–Trinajstić information content (AvgIpc) is 1.84. The molecule has 0 saturated heterocycles. The van der Waals surface area contributed by atoms with Crippen LogP contribution in [0.4, 0.5) is 4.79 Å². The fourth-order valence-electron chi connectivity index (χ4n) is 0.834. The van der Waals surface area contributed by atoms with Crippen LogP contribution in [-0.2, 0) is 0 Å². The highest BCUT2D eigenvalue weighted by atomic mass is 16.2. The lowest BCUT2D eigenvalue weighted by Gasteiger charge is -2.19. The molecular weight excluding hydrogens is 152 g/mol. The first-order chi connectivity index (χ1) is 5.43. The summed E-state index contributed by atoms with van der Waals surface area (Å²) in [6.07, 6.45) is 0. The molecule has 0 unspecified atom stereocenters. The van der Waals surface area contributed by atoms with E-state index in [4.69, 9.17) is 0 Å². The summed E-state index contributed by atoms with van der Waals surface area (Å²) in [5.74, 6) is 0. The number of nitrogens with zero attached hydrogens (tertiary/aromatic N) is 1. The lowest BCUT2D eigenvalue weighted by molar-refractivity contribution is 0.209. The van der Waals surface area contributed by atoms with Gasteiger partial charge in [-0.25, -0.2) is 4.79 Å². The van der Waals surface area contributed by atoms with E-state index in [1.807, 2.05) is 20.8 Å². The second-order valence-corrected chi connectivity index (χ2v) is 3.42. The average molecular weight is 170 g/mol. The molecule has 3 nitrogen and oxygen atoms in total. The Kier molecular flexibility index (Phi) is 4.40. The molecule has 0 aliphatic carbocycles. The Bertz CT molecular complexity index is 175. The lowest BCUT2D eigenvalue weighted by atomic mass is 10.3. The monoisotopic (exact) mass is 170 g/mol. The summed E-state index contributed by atoms with van der Waals surface area (Å²) in [6.45, 7) is 10.1. The normalized spacial score (nSPS) is 9.75. The fraction of sp³-hybridized carbons (Fsp3) is 0.667. The quantitative estimate of drug-likeness (QED) is 0.641. The van der Waals surface area contributed by atoms with Crippen molar-refractivity contribution in [3.8, 4) is 0 Å². The molecule has 0 radical (unpaired) electrons. The van der Waals surface area contributed by atoms with Gasteiger partial charge >= 0.3 is 6.03 Å². The Balaban J connectivity index is 3.85. The van der Waals surface area contributed by atoms with Gasteiger partial charge in [-0.15, -0.1) is 0 Å². The van der Waals surface area contributed by atoms with E-state index in [9.17, 15) is 4.79 Å². The molecular formula is C9H18N2O. The van der Waals surface area contributed by atoms with E-state index in [1.54, 1.807) is 11.9 Å². The third-order valence-electron chi connectivity index (χ3n) is 1.27. The molecule has 0 saturated carbocycles. The van der Waals surface area contributed by atoms with Crippen LogP contribution in [0.25, 0.3) is 0 Å². The van der Waals surface area contributed by atoms with Crippen LogP contribution in [0, 0.1) is 0 Å². The van der Waals surface area contributed by atoms with Gasteiger partial charge in [0.1, 0.15) is 0 Å². The molecule has 0 aromatic carbocycles. The smallest absolute Gasteiger partial charge is 0.317 e. The summed E-state index contributed by atoms with van der Waals surface area (Å²) in [5.41, 5.74) is 0.983. The summed E-state index contributed by atoms with van der Waals surface area (Å²) in [6, 6.07) is 0.137. The minimum atomic E-state index is -0.0481. The molecule has 0 aromatic heterocycles. The van der Waals surface area contributed by atoms with Crippen molar-refractivity contribution in [1.29, 1.82) is 0 Å². The molecule has 0 bridgehead atoms. The largest absolute Gasteiger partial charge is 0.336 e. The second-order valence-electron chi connectivity index (χ2n) is 3.42. The molecule has 2 amide bonds. The summed E-state index contributed by atoms with van der Waals surface area (Å²) in [5, 5.41) is 2.79. The van der Waals surface area contributed by atoms with Gasteiger partial charge < -0.3 is 10.2 Å². The van der Waals surface area contributed by atoms with E-state index in [0.29, 0.717) is 6.54 Å². The highest BCUT2D eigenvalue weighted by Gasteiger charge is 2.08. The van der Waals surface area contributed by atoms with Crippen LogP contribution in [0.15, 0.2) is 12.2 Å². The number of urea groups is 1. The van der Waals surface area contributed by atoms with E-state index in [0.717, 1.165) is 5.57 Å². The van der Waals surface area contributed by atoms with Gasteiger partial charge in [-0.1, -0.05) is 12.2 Å². The van der Waals surface area contributed by atoms with Crippen LogP contribution < -0.4 is 5.32 Å². The summed E-state index contributed by atoms with van der Waals surface area (Å²) >= 11 is 0. The van der Waals surface area contributed by atoms with E-state index in [2.05, 4.69) is 11.9 Å². The second kappa shape index (κ2) is 4.80. The maximum Gasteiger partial charge on any atom is 0.317 e. The number of nitrogens with one attached hydrogen (secondary N) is 1. The van der Waals surface area contributed by atoms with Crippen LogP contribution in [0.2, 0.25) is 0 Å². The number of rotatable bonds is 3. The molecule has 0 heterocycles. The Morgan fingerprint density at radius 3 is 2.42 bits per heavy atom. The molecule has 12 heavy (non-hydrogen) atoms. The van der Waals surface area contributed by atoms with Crippen molar-refractivity contribution in [2.75, 3.05) is 13.6 Å². The Morgan fingerprint density at radius 2 is 2.08 bits per heavy atom. The van der Waals surface area contributed by atoms with Gasteiger partial charge in [0.05, 0.1) is 0 Å². The van der Waals surface area contributed by atoms with Crippen molar-refractivity contribution in [3.05, 3.63) is 12.2 Å². The number of likely N-dealkylation sites (N-methyl/N-ethyl adjacent to an activating group) is 1. The van der Waals surface area contributed by atoms with Crippen molar-refractivity contribution in [1.82, 2.24) is 10.2 Å². The van der Waals surface area contributed by atoms with E-state index in [-0.39, 0.29) is 12.1 Å². The van der Waals surface area contributed by atoms with Crippen molar-refractivity contribution < 1.29 is 4.79 Å². The molecule has 0 spiro atoms. The minimum absolute atomic E-state index is 0.0481. The maximum absolute atomic E-state index is 11.3. The van der Waals surface area contributed by atoms with E-state index < -0.39 is 0 Å². The lowest BCUT2D eigenvalue weighted by Crippen LogP contribution is -2.41. The molecule has 0 atom stereocenters. The summed E-state index contributed by atoms with van der Waals surface area (Å²) in [7, 11) is 1.76. The van der Waals surface area contributed by atoms with Gasteiger partial charge in [-0.3, -0.25) is 0 Å². The van der Waals surface area contributed by atoms with Crippen LogP contribution in [0.5, 0.6) is 0 Å². The van der Waals surface area contributed by atoms with E-state index >= 15 is 0 Å². The Morgan fingerprint density at radius 1 is 1.58 bits per heavy atom. The number of amides is 2. The van der Waals surface area contributed by atoms with Gasteiger partial charge in [0, 0.05) is 19.6 Å². The van der Waals surface area contributed by atoms with Gasteiger partial charge in [-0.05, 0) is 20.8 Å². The van der Waals surface area contributed by atoms with Crippen LogP contribution in [-0.4, -0.2) is 30.6 Å². The van der Waals surface area contributed by atoms with Crippen molar-refractivity contribution in [3.63, 3.8) is 0 Å². The van der Waals surface area contributed by atoms with Gasteiger partial charge in [-0.2, -0.15) is 0 Å². The van der Waals surface area contributed by atoms with Crippen molar-refractivity contribution in [2.45, 2.75) is 26.8 Å². The molecule has 0 fully saturated rings. The van der Waals surface area contributed by atoms with Crippen LogP contribution in [0.1, 0.15) is 20.8 Å². The van der Waals surface area contributed by atoms with E-state index in [1.165, 1.54) is 0 Å². The van der Waals surface area contributed by atoms with Crippen LogP contribution >= 0.6 is 0 Å². The molecule has 0 rings (SSSR count). The SMILES string of the molecule is C=C(C)CN(C)C(=O)NC(C)C. The minimum Gasteiger partial charge on any atom is -0.336 e. The van der Waals surface area contributed by atoms with Crippen molar-refractivity contribution in [2.24, 2.45) is 0 Å². The third kappa shape index (κ3) is 4.77. The molecule has 0 aromatic rings. The predicted molar refractivity (Wildman–Crippen MR) is 51.1 cm³/mol. The zero-order valence-corrected chi connectivity index (χ0v) is 8.35. The van der Waals surface area contributed by atoms with Gasteiger partial charge in [0.2, 0.25) is 0 Å². The molecule has 0 aliphatic heterocycles. The number of carbonyl (C=O) groups is 1. The Hall–Kier alpha value is -0.990. The fourth-order valence-corrected chi connectivity index (χ4v) is 0.834. The van der Waals surface area contributed by atoms with Gasteiger partial charge in [0.25, 0.3) is 0 Å². The van der Waals surface area contributed by atoms with Crippen molar-refractivity contribution >= 4 is 6.03 Å². The highest BCUT2D eigenvalue weighted by Crippen LogP contribution is 1.93. The zero-order chi connectivity index (χ0) is 9.72. The standard InChI is InChI=1S/C9H18N2O/c1-7(2)6-11(5)9(12)10-8(3)4/h8H,1,6H2,2-5H3,(H,10,12). The maximum atomic E-state index is 11.3. The molecule has 70 valence electrons. The first kappa shape index (κ1) is 11.0. The highest BCUT2D eigenvalue weighted by molar-refractivity contribution is 5.74. The summed E-state index contributed by atoms with van der Waals surface area (Å²) < 4.78 is 0. The molecule has 1 N–H and O–H groups in total. The third-order valence-corrected chi connectivity index (χ3v) is 1.27. The predicted octanol–water partition coefficient (Wildman–Crippen LogP) is 1.61. The number of carbonyl (C=O) groups excluding carboxylic acids is 1. The zero-order valence-electron chi connectivity index (χ0n) is 8.35. The Labute approximate surface area is 74.4 Å². The molecule has 0 aliphatic rings.